The molecule has 4 atom stereocenters. The van der Waals surface area contributed by atoms with Crippen molar-refractivity contribution in [1.29, 1.82) is 0 Å². The van der Waals surface area contributed by atoms with Crippen molar-refractivity contribution in [3.63, 3.8) is 0 Å². The van der Waals surface area contributed by atoms with E-state index in [9.17, 15) is 15.3 Å². The number of aliphatic hydroxyl groups excluding tert-OH is 3. The van der Waals surface area contributed by atoms with E-state index in [-0.39, 0.29) is 6.61 Å². The van der Waals surface area contributed by atoms with Crippen LogP contribution in [0.2, 0.25) is 0 Å². The van der Waals surface area contributed by atoms with E-state index in [0.717, 1.165) is 23.3 Å². The van der Waals surface area contributed by atoms with Gasteiger partial charge < -0.3 is 20.1 Å². The van der Waals surface area contributed by atoms with Crippen LogP contribution in [-0.2, 0) is 4.74 Å². The largest absolute Gasteiger partial charge is 0.394 e. The lowest BCUT2D eigenvalue weighted by Gasteiger charge is -2.16. The van der Waals surface area contributed by atoms with E-state index in [1.54, 1.807) is 28.9 Å². The molecule has 2 aromatic rings. The second-order valence-corrected chi connectivity index (χ2v) is 6.75. The van der Waals surface area contributed by atoms with Gasteiger partial charge in [0.1, 0.15) is 23.8 Å². The minimum atomic E-state index is -1.14. The fraction of sp³-hybridized carbons (Fsp3) is 0.467. The highest BCUT2D eigenvalue weighted by atomic mass is 32.2. The molecule has 4 heterocycles. The van der Waals surface area contributed by atoms with E-state index in [1.807, 2.05) is 6.07 Å². The molecular weight excluding hydrogens is 318 g/mol. The molecule has 3 N–H and O–H groups in total. The smallest absolute Gasteiger partial charge is 0.165 e. The molecule has 0 saturated carbocycles. The first-order chi connectivity index (χ1) is 11.2. The van der Waals surface area contributed by atoms with Gasteiger partial charge in [0.2, 0.25) is 0 Å². The van der Waals surface area contributed by atoms with Crippen molar-refractivity contribution in [3.05, 3.63) is 30.2 Å². The summed E-state index contributed by atoms with van der Waals surface area (Å²) in [6.07, 6.45) is 2.57. The lowest BCUT2D eigenvalue weighted by molar-refractivity contribution is -0.0511. The van der Waals surface area contributed by atoms with Gasteiger partial charge in [-0.15, -0.1) is 11.8 Å². The molecule has 1 fully saturated rings. The van der Waals surface area contributed by atoms with Gasteiger partial charge in [-0.05, 0) is 12.5 Å². The summed E-state index contributed by atoms with van der Waals surface area (Å²) in [5, 5.41) is 29.3. The molecule has 2 unspecified atom stereocenters. The zero-order valence-corrected chi connectivity index (χ0v) is 13.1. The standard InChI is InChI=1S/C15H17N3O4S/c19-6-9-12(20)13(21)15(22-9)18-7-17-11-8(3-4-16-14(11)18)10-2-1-5-23-10/h2-4,7,9,12-13,15,19-21H,1,5-6H2/t9-,12?,13?,15-/m1/s1. The van der Waals surface area contributed by atoms with Crippen LogP contribution in [0.15, 0.2) is 24.7 Å². The van der Waals surface area contributed by atoms with Gasteiger partial charge in [0.05, 0.1) is 12.9 Å². The highest BCUT2D eigenvalue weighted by Crippen LogP contribution is 2.38. The number of aromatic nitrogens is 3. The third kappa shape index (κ3) is 2.38. The number of pyridine rings is 1. The molecule has 122 valence electrons. The quantitative estimate of drug-likeness (QED) is 0.752. The second-order valence-electron chi connectivity index (χ2n) is 5.62. The predicted molar refractivity (Wildman–Crippen MR) is 85.6 cm³/mol. The Morgan fingerprint density at radius 1 is 1.30 bits per heavy atom. The summed E-state index contributed by atoms with van der Waals surface area (Å²) in [6.45, 7) is -0.358. The van der Waals surface area contributed by atoms with Crippen molar-refractivity contribution in [2.24, 2.45) is 0 Å². The summed E-state index contributed by atoms with van der Waals surface area (Å²) >= 11 is 1.79. The number of hydrogen-bond acceptors (Lipinski definition) is 7. The minimum absolute atomic E-state index is 0.358. The number of hydrogen-bond donors (Lipinski definition) is 3. The zero-order valence-electron chi connectivity index (χ0n) is 12.2. The molecular formula is C15H17N3O4S. The maximum Gasteiger partial charge on any atom is 0.165 e. The van der Waals surface area contributed by atoms with Gasteiger partial charge in [0, 0.05) is 22.4 Å². The maximum absolute atomic E-state index is 10.2. The Hall–Kier alpha value is -1.45. The van der Waals surface area contributed by atoms with E-state index in [2.05, 4.69) is 16.0 Å². The van der Waals surface area contributed by atoms with Crippen molar-refractivity contribution < 1.29 is 20.1 Å². The highest BCUT2D eigenvalue weighted by molar-refractivity contribution is 8.08. The predicted octanol–water partition coefficient (Wildman–Crippen LogP) is 0.521. The molecule has 8 heteroatoms. The molecule has 0 bridgehead atoms. The fourth-order valence-electron chi connectivity index (χ4n) is 3.03. The molecule has 0 aromatic carbocycles. The normalized spacial score (nSPS) is 31.0. The number of rotatable bonds is 3. The van der Waals surface area contributed by atoms with Crippen LogP contribution in [0.4, 0.5) is 0 Å². The monoisotopic (exact) mass is 335 g/mol. The molecule has 0 spiro atoms. The van der Waals surface area contributed by atoms with Gasteiger partial charge in [-0.25, -0.2) is 9.97 Å². The van der Waals surface area contributed by atoms with Gasteiger partial charge in [0.15, 0.2) is 11.9 Å². The Balaban J connectivity index is 1.76. The summed E-state index contributed by atoms with van der Waals surface area (Å²) < 4.78 is 7.18. The Morgan fingerprint density at radius 3 is 2.87 bits per heavy atom. The van der Waals surface area contributed by atoms with Crippen LogP contribution in [0.25, 0.3) is 16.1 Å². The maximum atomic E-state index is 10.2. The van der Waals surface area contributed by atoms with Crippen LogP contribution >= 0.6 is 11.8 Å². The number of aliphatic hydroxyl groups is 3. The number of allylic oxidation sites excluding steroid dienone is 1. The van der Waals surface area contributed by atoms with E-state index in [1.165, 1.54) is 4.91 Å². The molecule has 2 aliphatic rings. The molecule has 23 heavy (non-hydrogen) atoms. The molecule has 1 saturated heterocycles. The van der Waals surface area contributed by atoms with Gasteiger partial charge in [-0.3, -0.25) is 4.57 Å². The van der Waals surface area contributed by atoms with Crippen molar-refractivity contribution in [1.82, 2.24) is 14.5 Å². The summed E-state index contributed by atoms with van der Waals surface area (Å²) in [7, 11) is 0. The lowest BCUT2D eigenvalue weighted by Crippen LogP contribution is -2.33. The fourth-order valence-corrected chi connectivity index (χ4v) is 4.05. The lowest BCUT2D eigenvalue weighted by atomic mass is 10.1. The average molecular weight is 335 g/mol. The molecule has 2 aliphatic heterocycles. The van der Waals surface area contributed by atoms with E-state index >= 15 is 0 Å². The van der Waals surface area contributed by atoms with Crippen LogP contribution in [0, 0.1) is 0 Å². The molecule has 0 radical (unpaired) electrons. The third-order valence-electron chi connectivity index (χ3n) is 4.22. The Labute approximate surface area is 136 Å². The Morgan fingerprint density at radius 2 is 2.17 bits per heavy atom. The first kappa shape index (κ1) is 15.1. The Kier molecular flexibility index (Phi) is 3.86. The first-order valence-corrected chi connectivity index (χ1v) is 8.46. The number of imidazole rings is 1. The molecule has 0 aliphatic carbocycles. The molecule has 7 nitrogen and oxygen atoms in total. The van der Waals surface area contributed by atoms with Crippen molar-refractivity contribution in [3.8, 4) is 0 Å². The summed E-state index contributed by atoms with van der Waals surface area (Å²) in [5.41, 5.74) is 2.35. The second kappa shape index (κ2) is 5.88. The van der Waals surface area contributed by atoms with Crippen molar-refractivity contribution >= 4 is 27.8 Å². The van der Waals surface area contributed by atoms with Crippen LogP contribution in [0.5, 0.6) is 0 Å². The first-order valence-electron chi connectivity index (χ1n) is 7.48. The van der Waals surface area contributed by atoms with Crippen LogP contribution in [0.3, 0.4) is 0 Å². The average Bonchev–Trinajstić information content (AvgIpc) is 3.28. The highest BCUT2D eigenvalue weighted by Gasteiger charge is 2.44. The van der Waals surface area contributed by atoms with Crippen molar-refractivity contribution in [2.45, 2.75) is 31.0 Å². The van der Waals surface area contributed by atoms with Gasteiger partial charge >= 0.3 is 0 Å². The third-order valence-corrected chi connectivity index (χ3v) is 5.36. The van der Waals surface area contributed by atoms with Crippen LogP contribution < -0.4 is 0 Å². The number of ether oxygens (including phenoxy) is 1. The topological polar surface area (TPSA) is 101 Å². The number of fused-ring (bicyclic) bond motifs is 1. The van der Waals surface area contributed by atoms with E-state index in [4.69, 9.17) is 4.74 Å². The minimum Gasteiger partial charge on any atom is -0.394 e. The van der Waals surface area contributed by atoms with Crippen molar-refractivity contribution in [2.75, 3.05) is 12.4 Å². The molecule has 4 rings (SSSR count). The zero-order chi connectivity index (χ0) is 16.0. The number of thioether (sulfide) groups is 1. The number of nitrogens with zero attached hydrogens (tertiary/aromatic N) is 3. The SMILES string of the molecule is OC[C@H]1O[C@@H](n2cnc3c(C4=CCCS4)ccnc32)C(O)C1O. The molecule has 2 aromatic heterocycles. The van der Waals surface area contributed by atoms with Gasteiger partial charge in [-0.2, -0.15) is 0 Å². The molecule has 0 amide bonds. The summed E-state index contributed by atoms with van der Waals surface area (Å²) in [6, 6.07) is 1.93. The van der Waals surface area contributed by atoms with Gasteiger partial charge in [-0.1, -0.05) is 6.08 Å². The van der Waals surface area contributed by atoms with Crippen LogP contribution in [0.1, 0.15) is 18.2 Å². The van der Waals surface area contributed by atoms with Gasteiger partial charge in [0.25, 0.3) is 0 Å². The summed E-state index contributed by atoms with van der Waals surface area (Å²) in [5.74, 6) is 1.06. The summed E-state index contributed by atoms with van der Waals surface area (Å²) in [4.78, 5) is 9.97. The van der Waals surface area contributed by atoms with E-state index < -0.39 is 24.5 Å². The Bertz CT molecular complexity index is 762. The van der Waals surface area contributed by atoms with Crippen LogP contribution in [-0.4, -0.2) is 60.5 Å². The van der Waals surface area contributed by atoms with E-state index in [0.29, 0.717) is 5.65 Å².